The Morgan fingerprint density at radius 1 is 1.04 bits per heavy atom. The minimum atomic E-state index is -0.740. The molecule has 1 aliphatic heterocycles. The summed E-state index contributed by atoms with van der Waals surface area (Å²) in [6.45, 7) is 4.34. The van der Waals surface area contributed by atoms with E-state index in [-0.39, 0.29) is 5.69 Å². The van der Waals surface area contributed by atoms with Crippen molar-refractivity contribution in [2.45, 2.75) is 13.1 Å². The van der Waals surface area contributed by atoms with Crippen LogP contribution in [0.15, 0.2) is 42.5 Å². The van der Waals surface area contributed by atoms with Gasteiger partial charge in [0.05, 0.1) is 13.2 Å². The third kappa shape index (κ3) is 5.24. The number of anilines is 1. The molecule has 1 saturated heterocycles. The first-order valence-electron chi connectivity index (χ1n) is 8.48. The molecule has 0 spiro atoms. The number of carbonyl (C=O) groups is 1. The third-order valence-electron chi connectivity index (χ3n) is 4.18. The van der Waals surface area contributed by atoms with E-state index in [4.69, 9.17) is 4.74 Å². The number of morpholine rings is 1. The van der Waals surface area contributed by atoms with Gasteiger partial charge in [-0.05, 0) is 23.3 Å². The van der Waals surface area contributed by atoms with Gasteiger partial charge in [-0.3, -0.25) is 4.90 Å². The van der Waals surface area contributed by atoms with E-state index in [1.54, 1.807) is 0 Å². The highest BCUT2D eigenvalue weighted by molar-refractivity contribution is 5.89. The summed E-state index contributed by atoms with van der Waals surface area (Å²) in [4.78, 5) is 14.3. The van der Waals surface area contributed by atoms with E-state index in [1.807, 2.05) is 24.3 Å². The van der Waals surface area contributed by atoms with Crippen LogP contribution in [-0.4, -0.2) is 37.2 Å². The van der Waals surface area contributed by atoms with E-state index in [0.717, 1.165) is 62.2 Å². The van der Waals surface area contributed by atoms with Gasteiger partial charge < -0.3 is 15.4 Å². The van der Waals surface area contributed by atoms with Crippen LogP contribution >= 0.6 is 0 Å². The number of hydrogen-bond donors (Lipinski definition) is 2. The standard InChI is InChI=1S/C19H21F2N3O2/c20-16-9-17(21)11-18(10-16)23-19(25)22-12-14-3-1-2-4-15(14)13-24-5-7-26-8-6-24/h1-4,9-11H,5-8,12-13H2,(H2,22,23,25). The first-order chi connectivity index (χ1) is 12.6. The number of rotatable bonds is 5. The zero-order valence-corrected chi connectivity index (χ0v) is 14.3. The fraction of sp³-hybridized carbons (Fsp3) is 0.316. The van der Waals surface area contributed by atoms with Crippen LogP contribution in [0.3, 0.4) is 0 Å². The predicted molar refractivity (Wildman–Crippen MR) is 94.8 cm³/mol. The van der Waals surface area contributed by atoms with Crippen LogP contribution in [0.25, 0.3) is 0 Å². The van der Waals surface area contributed by atoms with Crippen molar-refractivity contribution in [3.63, 3.8) is 0 Å². The second-order valence-corrected chi connectivity index (χ2v) is 6.12. The van der Waals surface area contributed by atoms with Crippen LogP contribution in [0.4, 0.5) is 19.3 Å². The number of ether oxygens (including phenoxy) is 1. The van der Waals surface area contributed by atoms with Crippen LogP contribution in [0.1, 0.15) is 11.1 Å². The van der Waals surface area contributed by atoms with Gasteiger partial charge in [-0.15, -0.1) is 0 Å². The molecular weight excluding hydrogens is 340 g/mol. The molecule has 2 N–H and O–H groups in total. The second-order valence-electron chi connectivity index (χ2n) is 6.12. The van der Waals surface area contributed by atoms with Crippen LogP contribution in [-0.2, 0) is 17.8 Å². The highest BCUT2D eigenvalue weighted by atomic mass is 19.1. The predicted octanol–water partition coefficient (Wildman–Crippen LogP) is 3.12. The summed E-state index contributed by atoms with van der Waals surface area (Å²) >= 11 is 0. The molecule has 26 heavy (non-hydrogen) atoms. The lowest BCUT2D eigenvalue weighted by Crippen LogP contribution is -2.36. The number of nitrogens with one attached hydrogen (secondary N) is 2. The van der Waals surface area contributed by atoms with Gasteiger partial charge in [0.1, 0.15) is 11.6 Å². The largest absolute Gasteiger partial charge is 0.379 e. The van der Waals surface area contributed by atoms with E-state index in [0.29, 0.717) is 6.54 Å². The molecule has 0 aromatic heterocycles. The number of benzene rings is 2. The molecule has 5 nitrogen and oxygen atoms in total. The topological polar surface area (TPSA) is 53.6 Å². The van der Waals surface area contributed by atoms with E-state index in [9.17, 15) is 13.6 Å². The van der Waals surface area contributed by atoms with Gasteiger partial charge >= 0.3 is 6.03 Å². The fourth-order valence-electron chi connectivity index (χ4n) is 2.86. The Labute approximate surface area is 151 Å². The van der Waals surface area contributed by atoms with Crippen LogP contribution in [0.2, 0.25) is 0 Å². The minimum Gasteiger partial charge on any atom is -0.379 e. The van der Waals surface area contributed by atoms with Crippen molar-refractivity contribution in [3.05, 3.63) is 65.2 Å². The first-order valence-corrected chi connectivity index (χ1v) is 8.48. The Morgan fingerprint density at radius 3 is 2.38 bits per heavy atom. The minimum absolute atomic E-state index is 0.0709. The maximum Gasteiger partial charge on any atom is 0.319 e. The number of carbonyl (C=O) groups excluding carboxylic acids is 1. The van der Waals surface area contributed by atoms with Crippen molar-refractivity contribution in [2.75, 3.05) is 31.6 Å². The zero-order chi connectivity index (χ0) is 18.4. The Hall–Kier alpha value is -2.51. The number of nitrogens with zero attached hydrogens (tertiary/aromatic N) is 1. The molecule has 7 heteroatoms. The normalized spacial score (nSPS) is 14.8. The number of halogens is 2. The molecule has 2 amide bonds. The van der Waals surface area contributed by atoms with E-state index >= 15 is 0 Å². The molecule has 1 aliphatic rings. The van der Waals surface area contributed by atoms with Crippen molar-refractivity contribution in [1.29, 1.82) is 0 Å². The average molecular weight is 361 g/mol. The molecule has 0 bridgehead atoms. The summed E-state index contributed by atoms with van der Waals surface area (Å²) in [5, 5.41) is 5.16. The molecule has 2 aromatic rings. The highest BCUT2D eigenvalue weighted by Crippen LogP contribution is 2.14. The van der Waals surface area contributed by atoms with Crippen molar-refractivity contribution < 1.29 is 18.3 Å². The fourth-order valence-corrected chi connectivity index (χ4v) is 2.86. The lowest BCUT2D eigenvalue weighted by Gasteiger charge is -2.27. The van der Waals surface area contributed by atoms with Crippen LogP contribution in [0.5, 0.6) is 0 Å². The van der Waals surface area contributed by atoms with E-state index in [2.05, 4.69) is 15.5 Å². The molecule has 3 rings (SSSR count). The van der Waals surface area contributed by atoms with Gasteiger partial charge in [0.2, 0.25) is 0 Å². The zero-order valence-electron chi connectivity index (χ0n) is 14.3. The van der Waals surface area contributed by atoms with Crippen molar-refractivity contribution in [2.24, 2.45) is 0 Å². The molecule has 0 atom stereocenters. The monoisotopic (exact) mass is 361 g/mol. The molecule has 1 heterocycles. The molecule has 2 aromatic carbocycles. The number of hydrogen-bond acceptors (Lipinski definition) is 3. The maximum atomic E-state index is 13.2. The summed E-state index contributed by atoms with van der Waals surface area (Å²) in [7, 11) is 0. The molecule has 0 saturated carbocycles. The summed E-state index contributed by atoms with van der Waals surface area (Å²) in [5.41, 5.74) is 2.20. The third-order valence-corrected chi connectivity index (χ3v) is 4.18. The van der Waals surface area contributed by atoms with Crippen molar-refractivity contribution in [3.8, 4) is 0 Å². The van der Waals surface area contributed by atoms with E-state index in [1.165, 1.54) is 0 Å². The van der Waals surface area contributed by atoms with Gasteiger partial charge in [-0.1, -0.05) is 24.3 Å². The Bertz CT molecular complexity index is 744. The summed E-state index contributed by atoms with van der Waals surface area (Å²) in [6, 6.07) is 10.2. The lowest BCUT2D eigenvalue weighted by atomic mass is 10.1. The molecular formula is C19H21F2N3O2. The summed E-state index contributed by atoms with van der Waals surface area (Å²) < 4.78 is 31.7. The molecule has 0 radical (unpaired) electrons. The second kappa shape index (κ2) is 8.73. The Kier molecular flexibility index (Phi) is 6.14. The van der Waals surface area contributed by atoms with E-state index < -0.39 is 17.7 Å². The lowest BCUT2D eigenvalue weighted by molar-refractivity contribution is 0.0341. The number of amides is 2. The van der Waals surface area contributed by atoms with Gasteiger partial charge in [0.25, 0.3) is 0 Å². The van der Waals surface area contributed by atoms with Crippen LogP contribution < -0.4 is 10.6 Å². The quantitative estimate of drug-likeness (QED) is 0.860. The van der Waals surface area contributed by atoms with Gasteiger partial charge in [0, 0.05) is 37.9 Å². The Morgan fingerprint density at radius 2 is 1.69 bits per heavy atom. The van der Waals surface area contributed by atoms with Crippen LogP contribution in [0, 0.1) is 11.6 Å². The van der Waals surface area contributed by atoms with Crippen molar-refractivity contribution in [1.82, 2.24) is 10.2 Å². The molecule has 0 aliphatic carbocycles. The Balaban J connectivity index is 1.57. The maximum absolute atomic E-state index is 13.2. The van der Waals surface area contributed by atoms with Gasteiger partial charge in [-0.2, -0.15) is 0 Å². The first kappa shape index (κ1) is 18.3. The molecule has 1 fully saturated rings. The average Bonchev–Trinajstić information content (AvgIpc) is 2.61. The van der Waals surface area contributed by atoms with Crippen molar-refractivity contribution >= 4 is 11.7 Å². The smallest absolute Gasteiger partial charge is 0.319 e. The SMILES string of the molecule is O=C(NCc1ccccc1CN1CCOCC1)Nc1cc(F)cc(F)c1. The van der Waals surface area contributed by atoms with Gasteiger partial charge in [0.15, 0.2) is 0 Å². The van der Waals surface area contributed by atoms with Gasteiger partial charge in [-0.25, -0.2) is 13.6 Å². The molecule has 0 unspecified atom stereocenters. The number of urea groups is 1. The summed E-state index contributed by atoms with van der Waals surface area (Å²) in [6.07, 6.45) is 0. The molecule has 138 valence electrons. The highest BCUT2D eigenvalue weighted by Gasteiger charge is 2.13. The summed E-state index contributed by atoms with van der Waals surface area (Å²) in [5.74, 6) is -1.48.